The summed E-state index contributed by atoms with van der Waals surface area (Å²) in [6.07, 6.45) is 5.72. The summed E-state index contributed by atoms with van der Waals surface area (Å²) in [5.41, 5.74) is 0. The third kappa shape index (κ3) is 3.13. The lowest BCUT2D eigenvalue weighted by molar-refractivity contribution is -0.140. The first kappa shape index (κ1) is 17.1. The number of amides is 2. The van der Waals surface area contributed by atoms with Gasteiger partial charge in [0.2, 0.25) is 17.8 Å². The first-order chi connectivity index (χ1) is 11.9. The average molecular weight is 345 g/mol. The van der Waals surface area contributed by atoms with Crippen molar-refractivity contribution in [1.82, 2.24) is 29.2 Å². The van der Waals surface area contributed by atoms with Gasteiger partial charge in [-0.15, -0.1) is 0 Å². The number of nitrogens with zero attached hydrogens (tertiary/aromatic N) is 6. The highest BCUT2D eigenvalue weighted by atomic mass is 16.2. The minimum atomic E-state index is -0.406. The Morgan fingerprint density at radius 2 is 2.08 bits per heavy atom. The molecule has 9 nitrogen and oxygen atoms in total. The number of likely N-dealkylation sites (tertiary alicyclic amines) is 1. The van der Waals surface area contributed by atoms with Crippen LogP contribution in [0.15, 0.2) is 18.7 Å². The molecule has 2 atom stereocenters. The molecule has 0 aromatic carbocycles. The molecule has 0 aliphatic carbocycles. The molecule has 0 unspecified atom stereocenters. The number of carbonyl (C=O) groups excluding carboxylic acids is 2. The van der Waals surface area contributed by atoms with E-state index in [1.807, 2.05) is 31.7 Å². The van der Waals surface area contributed by atoms with Crippen molar-refractivity contribution in [2.24, 2.45) is 13.0 Å². The number of hydrogen-bond acceptors (Lipinski definition) is 5. The Labute approximate surface area is 146 Å². The molecule has 3 heterocycles. The van der Waals surface area contributed by atoms with Crippen molar-refractivity contribution in [3.8, 4) is 0 Å². The first-order valence-electron chi connectivity index (χ1n) is 8.33. The predicted octanol–water partition coefficient (Wildman–Crippen LogP) is 1.14. The lowest BCUT2D eigenvalue weighted by Crippen LogP contribution is -2.45. The van der Waals surface area contributed by atoms with Gasteiger partial charge in [-0.1, -0.05) is 0 Å². The zero-order valence-corrected chi connectivity index (χ0v) is 14.9. The maximum atomic E-state index is 12.9. The third-order valence-electron chi connectivity index (χ3n) is 4.62. The van der Waals surface area contributed by atoms with Crippen molar-refractivity contribution in [1.29, 1.82) is 0 Å². The van der Waals surface area contributed by atoms with E-state index < -0.39 is 12.0 Å². The molecule has 25 heavy (non-hydrogen) atoms. The van der Waals surface area contributed by atoms with Gasteiger partial charge in [0.05, 0.1) is 12.0 Å². The second-order valence-electron chi connectivity index (χ2n) is 6.60. The van der Waals surface area contributed by atoms with E-state index in [0.29, 0.717) is 24.6 Å². The largest absolute Gasteiger partial charge is 0.336 e. The fourth-order valence-corrected chi connectivity index (χ4v) is 3.25. The van der Waals surface area contributed by atoms with Crippen LogP contribution in [0.1, 0.15) is 44.6 Å². The summed E-state index contributed by atoms with van der Waals surface area (Å²) in [7, 11) is 3.58. The SMILES string of the molecule is CC(C)n1ncnc1NC(=O)[C@H]1CCC(=O)N(C)[C@@H]1c1nccn1C. The van der Waals surface area contributed by atoms with Gasteiger partial charge in [-0.25, -0.2) is 9.67 Å². The Bertz CT molecular complexity index is 779. The van der Waals surface area contributed by atoms with Crippen molar-refractivity contribution in [2.75, 3.05) is 12.4 Å². The Morgan fingerprint density at radius 1 is 1.32 bits per heavy atom. The number of hydrogen-bond donors (Lipinski definition) is 1. The maximum absolute atomic E-state index is 12.9. The van der Waals surface area contributed by atoms with Crippen LogP contribution in [0.4, 0.5) is 5.95 Å². The summed E-state index contributed by atoms with van der Waals surface area (Å²) in [6, 6.07) is -0.324. The summed E-state index contributed by atoms with van der Waals surface area (Å²) in [4.78, 5) is 35.2. The molecule has 1 aliphatic rings. The normalized spacial score (nSPS) is 21.0. The number of aryl methyl sites for hydroxylation is 1. The monoisotopic (exact) mass is 345 g/mol. The van der Waals surface area contributed by atoms with Gasteiger partial charge in [0, 0.05) is 32.9 Å². The van der Waals surface area contributed by atoms with Gasteiger partial charge in [0.15, 0.2) is 0 Å². The van der Waals surface area contributed by atoms with E-state index in [2.05, 4.69) is 20.4 Å². The van der Waals surface area contributed by atoms with Crippen LogP contribution in [-0.2, 0) is 16.6 Å². The molecule has 134 valence electrons. The number of carbonyl (C=O) groups is 2. The highest BCUT2D eigenvalue weighted by Gasteiger charge is 2.41. The van der Waals surface area contributed by atoms with Crippen LogP contribution in [-0.4, -0.2) is 48.1 Å². The van der Waals surface area contributed by atoms with Gasteiger partial charge in [-0.05, 0) is 20.3 Å². The second kappa shape index (κ2) is 6.66. The summed E-state index contributed by atoms with van der Waals surface area (Å²) < 4.78 is 3.50. The van der Waals surface area contributed by atoms with Gasteiger partial charge >= 0.3 is 0 Å². The van der Waals surface area contributed by atoms with Crippen LogP contribution in [0.2, 0.25) is 0 Å². The molecule has 1 fully saturated rings. The molecule has 1 aliphatic heterocycles. The molecule has 2 aromatic rings. The Hall–Kier alpha value is -2.71. The number of rotatable bonds is 4. The van der Waals surface area contributed by atoms with Gasteiger partial charge in [0.25, 0.3) is 0 Å². The zero-order valence-electron chi connectivity index (χ0n) is 14.9. The molecule has 0 saturated carbocycles. The molecule has 0 spiro atoms. The van der Waals surface area contributed by atoms with Gasteiger partial charge < -0.3 is 9.47 Å². The van der Waals surface area contributed by atoms with Crippen molar-refractivity contribution in [3.05, 3.63) is 24.5 Å². The van der Waals surface area contributed by atoms with Crippen molar-refractivity contribution >= 4 is 17.8 Å². The van der Waals surface area contributed by atoms with E-state index in [1.54, 1.807) is 22.8 Å². The summed E-state index contributed by atoms with van der Waals surface area (Å²) in [5.74, 6) is 0.546. The molecule has 0 radical (unpaired) electrons. The average Bonchev–Trinajstić information content (AvgIpc) is 3.18. The first-order valence-corrected chi connectivity index (χ1v) is 8.33. The summed E-state index contributed by atoms with van der Waals surface area (Å²) in [5, 5.41) is 7.00. The maximum Gasteiger partial charge on any atom is 0.232 e. The van der Waals surface area contributed by atoms with Crippen LogP contribution < -0.4 is 5.32 Å². The number of aromatic nitrogens is 5. The number of imidazole rings is 1. The molecular formula is C16H23N7O2. The topological polar surface area (TPSA) is 97.9 Å². The van der Waals surface area contributed by atoms with Crippen LogP contribution >= 0.6 is 0 Å². The molecule has 2 aromatic heterocycles. The smallest absolute Gasteiger partial charge is 0.232 e. The Morgan fingerprint density at radius 3 is 2.72 bits per heavy atom. The van der Waals surface area contributed by atoms with Gasteiger partial charge in [-0.3, -0.25) is 14.9 Å². The van der Waals surface area contributed by atoms with Gasteiger partial charge in [-0.2, -0.15) is 10.1 Å². The minimum Gasteiger partial charge on any atom is -0.336 e. The van der Waals surface area contributed by atoms with E-state index in [0.717, 1.165) is 0 Å². The van der Waals surface area contributed by atoms with Crippen molar-refractivity contribution in [2.45, 2.75) is 38.8 Å². The predicted molar refractivity (Wildman–Crippen MR) is 90.5 cm³/mol. The highest BCUT2D eigenvalue weighted by Crippen LogP contribution is 2.35. The molecule has 3 rings (SSSR count). The molecule has 0 bridgehead atoms. The van der Waals surface area contributed by atoms with E-state index in [-0.39, 0.29) is 17.9 Å². The van der Waals surface area contributed by atoms with E-state index in [4.69, 9.17) is 0 Å². The summed E-state index contributed by atoms with van der Waals surface area (Å²) >= 11 is 0. The molecule has 1 saturated heterocycles. The minimum absolute atomic E-state index is 0.0161. The highest BCUT2D eigenvalue weighted by molar-refractivity contribution is 5.93. The van der Waals surface area contributed by atoms with Crippen molar-refractivity contribution < 1.29 is 9.59 Å². The van der Waals surface area contributed by atoms with Crippen LogP contribution in [0.3, 0.4) is 0 Å². The Balaban J connectivity index is 1.88. The molecule has 2 amide bonds. The van der Waals surface area contributed by atoms with E-state index in [9.17, 15) is 9.59 Å². The molecule has 9 heteroatoms. The quantitative estimate of drug-likeness (QED) is 0.896. The Kier molecular flexibility index (Phi) is 4.56. The van der Waals surface area contributed by atoms with E-state index >= 15 is 0 Å². The second-order valence-corrected chi connectivity index (χ2v) is 6.60. The lowest BCUT2D eigenvalue weighted by Gasteiger charge is -2.37. The number of anilines is 1. The van der Waals surface area contributed by atoms with Crippen LogP contribution in [0.5, 0.6) is 0 Å². The van der Waals surface area contributed by atoms with Crippen LogP contribution in [0.25, 0.3) is 0 Å². The zero-order chi connectivity index (χ0) is 18.1. The lowest BCUT2D eigenvalue weighted by atomic mass is 9.87. The number of nitrogens with one attached hydrogen (secondary N) is 1. The third-order valence-corrected chi connectivity index (χ3v) is 4.62. The van der Waals surface area contributed by atoms with Gasteiger partial charge in [0.1, 0.15) is 18.2 Å². The summed E-state index contributed by atoms with van der Waals surface area (Å²) in [6.45, 7) is 3.93. The van der Waals surface area contributed by atoms with Crippen LogP contribution in [0, 0.1) is 5.92 Å². The fourth-order valence-electron chi connectivity index (χ4n) is 3.25. The fraction of sp³-hybridized carbons (Fsp3) is 0.562. The standard InChI is InChI=1S/C16H23N7O2/c1-10(2)23-16(18-9-19-23)20-15(25)11-5-6-12(24)22(4)13(11)14-17-7-8-21(14)3/h7-11,13H,5-6H2,1-4H3,(H,18,19,20,25)/t11-,13-/m0/s1. The molecular weight excluding hydrogens is 322 g/mol. The van der Waals surface area contributed by atoms with E-state index in [1.165, 1.54) is 6.33 Å². The van der Waals surface area contributed by atoms with Crippen molar-refractivity contribution in [3.63, 3.8) is 0 Å². The number of piperidine rings is 1. The molecule has 1 N–H and O–H groups in total.